The van der Waals surface area contributed by atoms with Crippen LogP contribution in [0.2, 0.25) is 5.02 Å². The first-order valence-corrected chi connectivity index (χ1v) is 7.01. The maximum absolute atomic E-state index is 6.22. The van der Waals surface area contributed by atoms with Crippen molar-refractivity contribution in [3.63, 3.8) is 0 Å². The van der Waals surface area contributed by atoms with Crippen molar-refractivity contribution in [2.24, 2.45) is 5.92 Å². The van der Waals surface area contributed by atoms with Crippen LogP contribution in [0.15, 0.2) is 6.20 Å². The van der Waals surface area contributed by atoms with E-state index in [4.69, 9.17) is 16.3 Å². The van der Waals surface area contributed by atoms with Crippen molar-refractivity contribution in [3.8, 4) is 0 Å². The Morgan fingerprint density at radius 2 is 2.39 bits per heavy atom. The van der Waals surface area contributed by atoms with Gasteiger partial charge in [-0.2, -0.15) is 5.10 Å². The number of halogens is 1. The summed E-state index contributed by atoms with van der Waals surface area (Å²) in [6, 6.07) is 0.525. The quantitative estimate of drug-likeness (QED) is 0.892. The molecular weight excluding hydrogens is 250 g/mol. The van der Waals surface area contributed by atoms with Crippen molar-refractivity contribution >= 4 is 11.6 Å². The minimum atomic E-state index is 0.525. The van der Waals surface area contributed by atoms with Crippen LogP contribution in [-0.2, 0) is 17.7 Å². The highest BCUT2D eigenvalue weighted by atomic mass is 35.5. The molecule has 0 spiro atoms. The molecule has 1 aromatic rings. The summed E-state index contributed by atoms with van der Waals surface area (Å²) in [5, 5.41) is 8.67. The highest BCUT2D eigenvalue weighted by Crippen LogP contribution is 2.21. The number of methoxy groups -OCH3 is 1. The largest absolute Gasteiger partial charge is 0.383 e. The maximum atomic E-state index is 6.22. The molecule has 1 N–H and O–H groups in total. The molecule has 0 saturated carbocycles. The van der Waals surface area contributed by atoms with Gasteiger partial charge >= 0.3 is 0 Å². The third-order valence-electron chi connectivity index (χ3n) is 3.61. The Labute approximate surface area is 114 Å². The molecule has 1 aliphatic heterocycles. The van der Waals surface area contributed by atoms with Crippen LogP contribution in [0.5, 0.6) is 0 Å². The Balaban J connectivity index is 1.97. The Bertz CT molecular complexity index is 372. The monoisotopic (exact) mass is 271 g/mol. The van der Waals surface area contributed by atoms with Crippen molar-refractivity contribution in [1.82, 2.24) is 15.1 Å². The smallest absolute Gasteiger partial charge is 0.0818 e. The first-order chi connectivity index (χ1) is 8.70. The van der Waals surface area contributed by atoms with Crippen molar-refractivity contribution in [2.75, 3.05) is 20.3 Å². The molecular formula is C13H22ClN3O. The first-order valence-electron chi connectivity index (χ1n) is 6.63. The van der Waals surface area contributed by atoms with E-state index in [-0.39, 0.29) is 0 Å². The lowest BCUT2D eigenvalue weighted by atomic mass is 9.94. The predicted molar refractivity (Wildman–Crippen MR) is 73.0 cm³/mol. The van der Waals surface area contributed by atoms with Gasteiger partial charge in [0.2, 0.25) is 0 Å². The Morgan fingerprint density at radius 3 is 3.06 bits per heavy atom. The summed E-state index contributed by atoms with van der Waals surface area (Å²) in [4.78, 5) is 0. The average molecular weight is 272 g/mol. The number of piperidine rings is 1. The Morgan fingerprint density at radius 1 is 1.56 bits per heavy atom. The normalized spacial score (nSPS) is 24.4. The zero-order chi connectivity index (χ0) is 13.0. The molecule has 0 radical (unpaired) electrons. The van der Waals surface area contributed by atoms with Gasteiger partial charge in [-0.1, -0.05) is 18.5 Å². The second-order valence-electron chi connectivity index (χ2n) is 5.15. The second kappa shape index (κ2) is 6.55. The fourth-order valence-electron chi connectivity index (χ4n) is 2.43. The molecule has 2 atom stereocenters. The fraction of sp³-hybridized carbons (Fsp3) is 0.769. The lowest BCUT2D eigenvalue weighted by Gasteiger charge is -2.28. The van der Waals surface area contributed by atoms with E-state index in [9.17, 15) is 0 Å². The van der Waals surface area contributed by atoms with Crippen molar-refractivity contribution in [3.05, 3.63) is 16.9 Å². The van der Waals surface area contributed by atoms with E-state index in [1.165, 1.54) is 12.8 Å². The van der Waals surface area contributed by atoms with E-state index < -0.39 is 0 Å². The minimum absolute atomic E-state index is 0.525. The summed E-state index contributed by atoms with van der Waals surface area (Å²) >= 11 is 6.22. The summed E-state index contributed by atoms with van der Waals surface area (Å²) in [5.41, 5.74) is 1.13. The minimum Gasteiger partial charge on any atom is -0.383 e. The molecule has 4 nitrogen and oxygen atoms in total. The number of hydrogen-bond acceptors (Lipinski definition) is 3. The van der Waals surface area contributed by atoms with Crippen LogP contribution in [0.25, 0.3) is 0 Å². The van der Waals surface area contributed by atoms with E-state index in [2.05, 4.69) is 17.3 Å². The standard InChI is InChI=1S/C13H22ClN3O/c1-10-3-4-11(15-8-10)7-13-12(14)9-16-17(13)5-6-18-2/h9-11,15H,3-8H2,1-2H3. The number of hydrogen-bond donors (Lipinski definition) is 1. The van der Waals surface area contributed by atoms with Gasteiger partial charge < -0.3 is 10.1 Å². The predicted octanol–water partition coefficient (Wildman–Crippen LogP) is 2.11. The van der Waals surface area contributed by atoms with Crippen LogP contribution < -0.4 is 5.32 Å². The molecule has 5 heteroatoms. The van der Waals surface area contributed by atoms with Crippen LogP contribution in [0.3, 0.4) is 0 Å². The zero-order valence-corrected chi connectivity index (χ0v) is 11.9. The summed E-state index contributed by atoms with van der Waals surface area (Å²) < 4.78 is 7.06. The summed E-state index contributed by atoms with van der Waals surface area (Å²) in [7, 11) is 1.70. The Hall–Kier alpha value is -0.580. The van der Waals surface area contributed by atoms with Gasteiger partial charge in [-0.05, 0) is 25.3 Å². The third kappa shape index (κ3) is 3.46. The molecule has 102 valence electrons. The van der Waals surface area contributed by atoms with Crippen molar-refractivity contribution in [1.29, 1.82) is 0 Å². The molecule has 1 aliphatic rings. The van der Waals surface area contributed by atoms with Gasteiger partial charge in [-0.25, -0.2) is 0 Å². The van der Waals surface area contributed by atoms with Gasteiger partial charge in [0, 0.05) is 19.6 Å². The lowest BCUT2D eigenvalue weighted by molar-refractivity contribution is 0.182. The van der Waals surface area contributed by atoms with E-state index >= 15 is 0 Å². The molecule has 2 unspecified atom stereocenters. The second-order valence-corrected chi connectivity index (χ2v) is 5.55. The average Bonchev–Trinajstić information content (AvgIpc) is 2.71. The maximum Gasteiger partial charge on any atom is 0.0818 e. The molecule has 1 saturated heterocycles. The van der Waals surface area contributed by atoms with Crippen LogP contribution in [0, 0.1) is 5.92 Å². The zero-order valence-electron chi connectivity index (χ0n) is 11.2. The van der Waals surface area contributed by atoms with Gasteiger partial charge in [-0.3, -0.25) is 4.68 Å². The number of nitrogens with one attached hydrogen (secondary N) is 1. The number of ether oxygens (including phenoxy) is 1. The fourth-order valence-corrected chi connectivity index (χ4v) is 2.64. The highest BCUT2D eigenvalue weighted by Gasteiger charge is 2.20. The SMILES string of the molecule is COCCn1ncc(Cl)c1CC1CCC(C)CN1. The van der Waals surface area contributed by atoms with Gasteiger partial charge in [0.15, 0.2) is 0 Å². The van der Waals surface area contributed by atoms with Crippen LogP contribution in [-0.4, -0.2) is 36.1 Å². The van der Waals surface area contributed by atoms with Crippen molar-refractivity contribution < 1.29 is 4.74 Å². The van der Waals surface area contributed by atoms with E-state index in [0.717, 1.165) is 36.1 Å². The van der Waals surface area contributed by atoms with Crippen molar-refractivity contribution in [2.45, 2.75) is 38.8 Å². The molecule has 0 aromatic carbocycles. The number of rotatable bonds is 5. The molecule has 2 heterocycles. The summed E-state index contributed by atoms with van der Waals surface area (Å²) in [6.07, 6.45) is 5.20. The molecule has 0 bridgehead atoms. The van der Waals surface area contributed by atoms with E-state index in [0.29, 0.717) is 12.6 Å². The molecule has 1 fully saturated rings. The van der Waals surface area contributed by atoms with Crippen LogP contribution in [0.4, 0.5) is 0 Å². The molecule has 18 heavy (non-hydrogen) atoms. The number of nitrogens with zero attached hydrogens (tertiary/aromatic N) is 2. The lowest BCUT2D eigenvalue weighted by Crippen LogP contribution is -2.39. The van der Waals surface area contributed by atoms with Crippen LogP contribution >= 0.6 is 11.6 Å². The Kier molecular flexibility index (Phi) is 5.03. The summed E-state index contributed by atoms with van der Waals surface area (Å²) in [6.45, 7) is 4.83. The van der Waals surface area contributed by atoms with Gasteiger partial charge in [0.05, 0.1) is 30.1 Å². The van der Waals surface area contributed by atoms with Crippen LogP contribution in [0.1, 0.15) is 25.5 Å². The molecule has 1 aromatic heterocycles. The van der Waals surface area contributed by atoms with E-state index in [1.54, 1.807) is 13.3 Å². The molecule has 2 rings (SSSR count). The van der Waals surface area contributed by atoms with E-state index in [1.807, 2.05) is 4.68 Å². The highest BCUT2D eigenvalue weighted by molar-refractivity contribution is 6.31. The topological polar surface area (TPSA) is 39.1 Å². The third-order valence-corrected chi connectivity index (χ3v) is 3.92. The van der Waals surface area contributed by atoms with Gasteiger partial charge in [0.25, 0.3) is 0 Å². The summed E-state index contributed by atoms with van der Waals surface area (Å²) in [5.74, 6) is 0.787. The van der Waals surface area contributed by atoms with Gasteiger partial charge in [-0.15, -0.1) is 0 Å². The first kappa shape index (κ1) is 13.8. The molecule has 0 amide bonds. The number of aromatic nitrogens is 2. The molecule has 0 aliphatic carbocycles. The van der Waals surface area contributed by atoms with Gasteiger partial charge in [0.1, 0.15) is 0 Å².